The molecule has 1 atom stereocenters. The number of amides is 2. The molecule has 0 aromatic rings. The van der Waals surface area contributed by atoms with Gasteiger partial charge in [0.1, 0.15) is 0 Å². The van der Waals surface area contributed by atoms with Crippen LogP contribution in [0, 0.1) is 5.92 Å². The molecule has 15 heavy (non-hydrogen) atoms. The standard InChI is InChI=1S/C8H12F2N2O3/c9-6(10)3-11-8(15)12-2-1-5(4-12)7(13)14/h5-6H,1-4H2,(H,11,15)(H,13,14). The molecule has 2 N–H and O–H groups in total. The Kier molecular flexibility index (Phi) is 3.81. The van der Waals surface area contributed by atoms with Crippen molar-refractivity contribution in [1.82, 2.24) is 10.2 Å². The van der Waals surface area contributed by atoms with Gasteiger partial charge in [0.2, 0.25) is 0 Å². The van der Waals surface area contributed by atoms with Gasteiger partial charge in [0, 0.05) is 13.1 Å². The smallest absolute Gasteiger partial charge is 0.317 e. The zero-order valence-corrected chi connectivity index (χ0v) is 7.95. The van der Waals surface area contributed by atoms with Gasteiger partial charge >= 0.3 is 12.0 Å². The Morgan fingerprint density at radius 2 is 2.20 bits per heavy atom. The summed E-state index contributed by atoms with van der Waals surface area (Å²) in [5.74, 6) is -1.54. The molecule has 86 valence electrons. The van der Waals surface area contributed by atoms with Crippen molar-refractivity contribution >= 4 is 12.0 Å². The van der Waals surface area contributed by atoms with Crippen molar-refractivity contribution in [1.29, 1.82) is 0 Å². The molecule has 1 rings (SSSR count). The molecule has 1 saturated heterocycles. The summed E-state index contributed by atoms with van der Waals surface area (Å²) in [5.41, 5.74) is 0. The molecule has 2 amide bonds. The van der Waals surface area contributed by atoms with Crippen LogP contribution in [0.25, 0.3) is 0 Å². The monoisotopic (exact) mass is 222 g/mol. The Bertz CT molecular complexity index is 260. The van der Waals surface area contributed by atoms with Crippen molar-refractivity contribution in [3.8, 4) is 0 Å². The fourth-order valence-corrected chi connectivity index (χ4v) is 1.42. The van der Waals surface area contributed by atoms with E-state index in [0.29, 0.717) is 13.0 Å². The first-order valence-corrected chi connectivity index (χ1v) is 4.54. The number of carboxylic acids is 1. The molecule has 5 nitrogen and oxygen atoms in total. The SMILES string of the molecule is O=C(O)C1CCN(C(=O)NCC(F)F)C1. The molecule has 1 aliphatic heterocycles. The number of aliphatic carboxylic acids is 1. The van der Waals surface area contributed by atoms with Gasteiger partial charge in [-0.2, -0.15) is 0 Å². The topological polar surface area (TPSA) is 69.6 Å². The number of carbonyl (C=O) groups excluding carboxylic acids is 1. The summed E-state index contributed by atoms with van der Waals surface area (Å²) < 4.78 is 23.5. The molecule has 0 aromatic carbocycles. The van der Waals surface area contributed by atoms with Crippen LogP contribution in [0.5, 0.6) is 0 Å². The number of nitrogens with zero attached hydrogens (tertiary/aromatic N) is 1. The highest BCUT2D eigenvalue weighted by Crippen LogP contribution is 2.15. The third-order valence-corrected chi connectivity index (χ3v) is 2.23. The number of rotatable bonds is 3. The average Bonchev–Trinajstić information content (AvgIpc) is 2.62. The van der Waals surface area contributed by atoms with Crippen molar-refractivity contribution in [3.05, 3.63) is 0 Å². The van der Waals surface area contributed by atoms with Crippen molar-refractivity contribution < 1.29 is 23.5 Å². The summed E-state index contributed by atoms with van der Waals surface area (Å²) in [6.07, 6.45) is -2.22. The molecule has 0 aliphatic carbocycles. The Morgan fingerprint density at radius 1 is 1.53 bits per heavy atom. The normalized spacial score (nSPS) is 20.7. The fraction of sp³-hybridized carbons (Fsp3) is 0.750. The number of hydrogen-bond acceptors (Lipinski definition) is 2. The molecule has 1 heterocycles. The van der Waals surface area contributed by atoms with Gasteiger partial charge < -0.3 is 15.3 Å². The number of urea groups is 1. The second kappa shape index (κ2) is 4.90. The lowest BCUT2D eigenvalue weighted by atomic mass is 10.1. The highest BCUT2D eigenvalue weighted by Gasteiger charge is 2.30. The molecule has 0 bridgehead atoms. The third kappa shape index (κ3) is 3.34. The molecule has 0 aromatic heterocycles. The van der Waals surface area contributed by atoms with E-state index in [9.17, 15) is 18.4 Å². The summed E-state index contributed by atoms with van der Waals surface area (Å²) in [4.78, 5) is 23.0. The summed E-state index contributed by atoms with van der Waals surface area (Å²) in [7, 11) is 0. The molecule has 0 radical (unpaired) electrons. The highest BCUT2D eigenvalue weighted by molar-refractivity contribution is 5.77. The number of alkyl halides is 2. The minimum Gasteiger partial charge on any atom is -0.481 e. The maximum absolute atomic E-state index is 11.8. The van der Waals surface area contributed by atoms with E-state index in [1.165, 1.54) is 4.90 Å². The van der Waals surface area contributed by atoms with E-state index in [0.717, 1.165) is 0 Å². The van der Waals surface area contributed by atoms with Gasteiger partial charge in [0.05, 0.1) is 12.5 Å². The summed E-state index contributed by atoms with van der Waals surface area (Å²) in [6, 6.07) is -0.626. The van der Waals surface area contributed by atoms with E-state index in [1.807, 2.05) is 5.32 Å². The molecule has 7 heteroatoms. The molecular weight excluding hydrogens is 210 g/mol. The van der Waals surface area contributed by atoms with Crippen LogP contribution in [0.2, 0.25) is 0 Å². The van der Waals surface area contributed by atoms with Gasteiger partial charge in [-0.1, -0.05) is 0 Å². The van der Waals surface area contributed by atoms with Gasteiger partial charge in [-0.3, -0.25) is 4.79 Å². The van der Waals surface area contributed by atoms with Crippen molar-refractivity contribution in [2.24, 2.45) is 5.92 Å². The lowest BCUT2D eigenvalue weighted by molar-refractivity contribution is -0.141. The second-order valence-corrected chi connectivity index (χ2v) is 3.35. The van der Waals surface area contributed by atoms with E-state index in [-0.39, 0.29) is 6.54 Å². The van der Waals surface area contributed by atoms with Crippen LogP contribution >= 0.6 is 0 Å². The van der Waals surface area contributed by atoms with Gasteiger partial charge in [-0.15, -0.1) is 0 Å². The molecule has 0 saturated carbocycles. The van der Waals surface area contributed by atoms with E-state index >= 15 is 0 Å². The molecule has 1 fully saturated rings. The van der Waals surface area contributed by atoms with Crippen LogP contribution < -0.4 is 5.32 Å². The zero-order chi connectivity index (χ0) is 11.4. The number of carboxylic acid groups (broad SMARTS) is 1. The van der Waals surface area contributed by atoms with E-state index in [4.69, 9.17) is 5.11 Å². The largest absolute Gasteiger partial charge is 0.481 e. The number of halogens is 2. The fourth-order valence-electron chi connectivity index (χ4n) is 1.42. The molecule has 1 aliphatic rings. The highest BCUT2D eigenvalue weighted by atomic mass is 19.3. The first kappa shape index (κ1) is 11.7. The van der Waals surface area contributed by atoms with Crippen molar-refractivity contribution in [3.63, 3.8) is 0 Å². The van der Waals surface area contributed by atoms with E-state index in [1.54, 1.807) is 0 Å². The summed E-state index contributed by atoms with van der Waals surface area (Å²) in [5, 5.41) is 10.7. The van der Waals surface area contributed by atoms with Crippen LogP contribution in [0.15, 0.2) is 0 Å². The number of carbonyl (C=O) groups is 2. The van der Waals surface area contributed by atoms with Crippen LogP contribution in [0.4, 0.5) is 13.6 Å². The lowest BCUT2D eigenvalue weighted by Gasteiger charge is -2.16. The van der Waals surface area contributed by atoms with Crippen LogP contribution in [0.3, 0.4) is 0 Å². The summed E-state index contributed by atoms with van der Waals surface area (Å²) in [6.45, 7) is -0.316. The Labute approximate surface area is 85.0 Å². The minimum atomic E-state index is -2.59. The number of hydrogen-bond donors (Lipinski definition) is 2. The maximum atomic E-state index is 11.8. The van der Waals surface area contributed by atoms with Gasteiger partial charge in [0.15, 0.2) is 0 Å². The van der Waals surface area contributed by atoms with Crippen molar-refractivity contribution in [2.75, 3.05) is 19.6 Å². The van der Waals surface area contributed by atoms with Gasteiger partial charge in [-0.05, 0) is 6.42 Å². The quantitative estimate of drug-likeness (QED) is 0.724. The van der Waals surface area contributed by atoms with Gasteiger partial charge in [-0.25, -0.2) is 13.6 Å². The summed E-state index contributed by atoms with van der Waals surface area (Å²) >= 11 is 0. The first-order valence-electron chi connectivity index (χ1n) is 4.54. The van der Waals surface area contributed by atoms with Crippen molar-refractivity contribution in [2.45, 2.75) is 12.8 Å². The Balaban J connectivity index is 2.33. The minimum absolute atomic E-state index is 0.0877. The van der Waals surface area contributed by atoms with Crippen LogP contribution in [0.1, 0.15) is 6.42 Å². The second-order valence-electron chi connectivity index (χ2n) is 3.35. The van der Waals surface area contributed by atoms with Gasteiger partial charge in [0.25, 0.3) is 6.43 Å². The maximum Gasteiger partial charge on any atom is 0.317 e. The van der Waals surface area contributed by atoms with E-state index in [2.05, 4.69) is 0 Å². The first-order chi connectivity index (χ1) is 7.00. The lowest BCUT2D eigenvalue weighted by Crippen LogP contribution is -2.40. The van der Waals surface area contributed by atoms with Crippen LogP contribution in [-0.4, -0.2) is 48.1 Å². The molecule has 0 spiro atoms. The number of nitrogens with one attached hydrogen (secondary N) is 1. The average molecular weight is 222 g/mol. The number of likely N-dealkylation sites (tertiary alicyclic amines) is 1. The third-order valence-electron chi connectivity index (χ3n) is 2.23. The zero-order valence-electron chi connectivity index (χ0n) is 7.95. The molecular formula is C8H12F2N2O3. The Hall–Kier alpha value is -1.40. The predicted molar refractivity (Wildman–Crippen MR) is 46.7 cm³/mol. The predicted octanol–water partition coefficient (Wildman–Crippen LogP) is 0.368. The Morgan fingerprint density at radius 3 is 2.67 bits per heavy atom. The van der Waals surface area contributed by atoms with E-state index < -0.39 is 30.9 Å². The van der Waals surface area contributed by atoms with Crippen LogP contribution in [-0.2, 0) is 4.79 Å². The molecule has 1 unspecified atom stereocenters.